The van der Waals surface area contributed by atoms with Crippen molar-refractivity contribution in [3.05, 3.63) is 42.5 Å². The normalized spacial score (nSPS) is 15.9. The van der Waals surface area contributed by atoms with E-state index in [0.717, 1.165) is 56.9 Å². The summed E-state index contributed by atoms with van der Waals surface area (Å²) in [6.45, 7) is 6.66. The van der Waals surface area contributed by atoms with Gasteiger partial charge in [0.15, 0.2) is 5.96 Å². The van der Waals surface area contributed by atoms with Crippen LogP contribution < -0.4 is 15.8 Å². The van der Waals surface area contributed by atoms with Crippen LogP contribution in [0.1, 0.15) is 6.42 Å². The Balaban J connectivity index is 1.33. The van der Waals surface area contributed by atoms with Crippen molar-refractivity contribution in [2.45, 2.75) is 6.42 Å². The molecule has 0 unspecified atom stereocenters. The summed E-state index contributed by atoms with van der Waals surface area (Å²) in [5.74, 6) is 1.37. The molecule has 2 aromatic rings. The molecule has 1 fully saturated rings. The maximum atomic E-state index is 5.91. The average Bonchev–Trinajstić information content (AvgIpc) is 2.69. The summed E-state index contributed by atoms with van der Waals surface area (Å²) in [5.41, 5.74) is 5.91. The van der Waals surface area contributed by atoms with E-state index in [2.05, 4.69) is 33.4 Å². The summed E-state index contributed by atoms with van der Waals surface area (Å²) < 4.78 is 11.2. The van der Waals surface area contributed by atoms with Crippen molar-refractivity contribution in [1.82, 2.24) is 10.2 Å². The maximum absolute atomic E-state index is 5.91. The SMILES string of the molecule is NC(=NCCCN1CCOCC1)NCCOc1cccc2ccccc12. The lowest BCUT2D eigenvalue weighted by Gasteiger charge is -2.26. The highest BCUT2D eigenvalue weighted by molar-refractivity contribution is 5.88. The monoisotopic (exact) mass is 356 g/mol. The Hall–Kier alpha value is -2.31. The number of nitrogens with one attached hydrogen (secondary N) is 1. The van der Waals surface area contributed by atoms with Gasteiger partial charge < -0.3 is 20.5 Å². The highest BCUT2D eigenvalue weighted by Crippen LogP contribution is 2.24. The Labute approximate surface area is 155 Å². The van der Waals surface area contributed by atoms with Gasteiger partial charge in [0.25, 0.3) is 0 Å². The Morgan fingerprint density at radius 1 is 1.15 bits per heavy atom. The van der Waals surface area contributed by atoms with Crippen molar-refractivity contribution in [2.75, 3.05) is 52.5 Å². The zero-order chi connectivity index (χ0) is 18.0. The molecule has 0 amide bonds. The molecule has 0 radical (unpaired) electrons. The molecule has 0 aromatic heterocycles. The van der Waals surface area contributed by atoms with Crippen molar-refractivity contribution >= 4 is 16.7 Å². The van der Waals surface area contributed by atoms with Gasteiger partial charge >= 0.3 is 0 Å². The molecule has 0 aliphatic carbocycles. The Kier molecular flexibility index (Phi) is 7.10. The van der Waals surface area contributed by atoms with Crippen LogP contribution in [0.25, 0.3) is 10.8 Å². The Morgan fingerprint density at radius 3 is 2.85 bits per heavy atom. The number of fused-ring (bicyclic) bond motifs is 1. The van der Waals surface area contributed by atoms with Gasteiger partial charge in [-0.25, -0.2) is 0 Å². The molecule has 0 atom stereocenters. The number of morpholine rings is 1. The molecule has 0 saturated carbocycles. The molecule has 1 saturated heterocycles. The molecule has 0 bridgehead atoms. The van der Waals surface area contributed by atoms with Crippen LogP contribution in [0, 0.1) is 0 Å². The lowest BCUT2D eigenvalue weighted by Crippen LogP contribution is -2.37. The highest BCUT2D eigenvalue weighted by Gasteiger charge is 2.08. The van der Waals surface area contributed by atoms with E-state index in [1.165, 1.54) is 5.39 Å². The molecular weight excluding hydrogens is 328 g/mol. The number of hydrogen-bond acceptors (Lipinski definition) is 4. The van der Waals surface area contributed by atoms with Gasteiger partial charge in [0.05, 0.1) is 19.8 Å². The summed E-state index contributed by atoms with van der Waals surface area (Å²) in [6.07, 6.45) is 1.01. The van der Waals surface area contributed by atoms with E-state index in [0.29, 0.717) is 19.1 Å². The minimum atomic E-state index is 0.480. The number of ether oxygens (including phenoxy) is 2. The molecule has 1 aliphatic rings. The first-order chi connectivity index (χ1) is 12.8. The first kappa shape index (κ1) is 18.5. The van der Waals surface area contributed by atoms with Crippen molar-refractivity contribution in [1.29, 1.82) is 0 Å². The fourth-order valence-electron chi connectivity index (χ4n) is 3.04. The summed E-state index contributed by atoms with van der Waals surface area (Å²) in [7, 11) is 0. The van der Waals surface area contributed by atoms with E-state index in [1.807, 2.05) is 24.3 Å². The second-order valence-corrected chi connectivity index (χ2v) is 6.33. The third-order valence-electron chi connectivity index (χ3n) is 4.43. The van der Waals surface area contributed by atoms with Crippen LogP contribution in [0.5, 0.6) is 5.75 Å². The topological polar surface area (TPSA) is 72.1 Å². The molecule has 1 aliphatic heterocycles. The van der Waals surface area contributed by atoms with Crippen LogP contribution >= 0.6 is 0 Å². The number of aliphatic imine (C=N–C) groups is 1. The van der Waals surface area contributed by atoms with Gasteiger partial charge in [-0.3, -0.25) is 9.89 Å². The zero-order valence-electron chi connectivity index (χ0n) is 15.2. The van der Waals surface area contributed by atoms with E-state index >= 15 is 0 Å². The number of guanidine groups is 1. The fraction of sp³-hybridized carbons (Fsp3) is 0.450. The summed E-state index contributed by atoms with van der Waals surface area (Å²) >= 11 is 0. The van der Waals surface area contributed by atoms with E-state index in [4.69, 9.17) is 15.2 Å². The van der Waals surface area contributed by atoms with Crippen LogP contribution in [-0.2, 0) is 4.74 Å². The Morgan fingerprint density at radius 2 is 1.96 bits per heavy atom. The van der Waals surface area contributed by atoms with Crippen LogP contribution in [0.2, 0.25) is 0 Å². The standard InChI is InChI=1S/C20H28N4O2/c21-20(22-9-4-11-24-12-15-25-16-13-24)23-10-14-26-19-8-3-6-17-5-1-2-7-18(17)19/h1-3,5-8H,4,9-16H2,(H3,21,22,23). The molecule has 6 nitrogen and oxygen atoms in total. The lowest BCUT2D eigenvalue weighted by molar-refractivity contribution is 0.0377. The van der Waals surface area contributed by atoms with Gasteiger partial charge in [0.2, 0.25) is 0 Å². The minimum absolute atomic E-state index is 0.480. The van der Waals surface area contributed by atoms with E-state index in [1.54, 1.807) is 0 Å². The summed E-state index contributed by atoms with van der Waals surface area (Å²) in [4.78, 5) is 6.78. The smallest absolute Gasteiger partial charge is 0.188 e. The molecule has 26 heavy (non-hydrogen) atoms. The number of benzene rings is 2. The van der Waals surface area contributed by atoms with Gasteiger partial charge in [0.1, 0.15) is 12.4 Å². The summed E-state index contributed by atoms with van der Waals surface area (Å²) in [5, 5.41) is 5.41. The molecule has 3 rings (SSSR count). The van der Waals surface area contributed by atoms with E-state index in [9.17, 15) is 0 Å². The van der Waals surface area contributed by atoms with Crippen molar-refractivity contribution in [3.8, 4) is 5.75 Å². The van der Waals surface area contributed by atoms with Crippen molar-refractivity contribution < 1.29 is 9.47 Å². The van der Waals surface area contributed by atoms with Gasteiger partial charge in [-0.1, -0.05) is 36.4 Å². The minimum Gasteiger partial charge on any atom is -0.491 e. The molecule has 1 heterocycles. The third kappa shape index (κ3) is 5.61. The number of hydrogen-bond donors (Lipinski definition) is 2. The summed E-state index contributed by atoms with van der Waals surface area (Å²) in [6, 6.07) is 14.3. The fourth-order valence-corrected chi connectivity index (χ4v) is 3.04. The lowest BCUT2D eigenvalue weighted by atomic mass is 10.1. The largest absolute Gasteiger partial charge is 0.491 e. The average molecular weight is 356 g/mol. The van der Waals surface area contributed by atoms with Gasteiger partial charge in [-0.15, -0.1) is 0 Å². The predicted octanol–water partition coefficient (Wildman–Crippen LogP) is 1.85. The molecule has 6 heteroatoms. The van der Waals surface area contributed by atoms with Gasteiger partial charge in [0, 0.05) is 31.6 Å². The van der Waals surface area contributed by atoms with Crippen LogP contribution in [0.4, 0.5) is 0 Å². The van der Waals surface area contributed by atoms with Crippen molar-refractivity contribution in [3.63, 3.8) is 0 Å². The van der Waals surface area contributed by atoms with Gasteiger partial charge in [-0.05, 0) is 17.9 Å². The Bertz CT molecular complexity index is 709. The number of nitrogens with two attached hydrogens (primary N) is 1. The maximum Gasteiger partial charge on any atom is 0.188 e. The van der Waals surface area contributed by atoms with E-state index < -0.39 is 0 Å². The first-order valence-electron chi connectivity index (χ1n) is 9.27. The number of rotatable bonds is 8. The second-order valence-electron chi connectivity index (χ2n) is 6.33. The van der Waals surface area contributed by atoms with Crippen LogP contribution in [-0.4, -0.2) is 63.4 Å². The number of nitrogens with zero attached hydrogens (tertiary/aromatic N) is 2. The van der Waals surface area contributed by atoms with E-state index in [-0.39, 0.29) is 0 Å². The first-order valence-corrected chi connectivity index (χ1v) is 9.27. The highest BCUT2D eigenvalue weighted by atomic mass is 16.5. The zero-order valence-corrected chi connectivity index (χ0v) is 15.2. The molecule has 3 N–H and O–H groups in total. The molecule has 2 aromatic carbocycles. The molecular formula is C20H28N4O2. The van der Waals surface area contributed by atoms with Crippen LogP contribution in [0.15, 0.2) is 47.5 Å². The van der Waals surface area contributed by atoms with Crippen LogP contribution in [0.3, 0.4) is 0 Å². The van der Waals surface area contributed by atoms with Crippen molar-refractivity contribution in [2.24, 2.45) is 10.7 Å². The third-order valence-corrected chi connectivity index (χ3v) is 4.43. The quantitative estimate of drug-likeness (QED) is 0.429. The predicted molar refractivity (Wildman–Crippen MR) is 106 cm³/mol. The van der Waals surface area contributed by atoms with Gasteiger partial charge in [-0.2, -0.15) is 0 Å². The second kappa shape index (κ2) is 9.99. The molecule has 0 spiro atoms. The molecule has 140 valence electrons.